The van der Waals surface area contributed by atoms with Gasteiger partial charge in [-0.25, -0.2) is 4.57 Å². The minimum atomic E-state index is -4.34. The molecule has 0 saturated heterocycles. The molecule has 0 fully saturated rings. The van der Waals surface area contributed by atoms with Crippen molar-refractivity contribution < 1.29 is 32.9 Å². The van der Waals surface area contributed by atoms with Gasteiger partial charge in [-0.05, 0) is 64.2 Å². The fraction of sp³-hybridized carbons (Fsp3) is 0.809. The molecular formula is C47H90N2O6P+. The molecule has 0 aliphatic carbocycles. The number of hydrogen-bond donors (Lipinski definition) is 3. The maximum Gasteiger partial charge on any atom is 0.472 e. The van der Waals surface area contributed by atoms with Crippen LogP contribution in [0.1, 0.15) is 194 Å². The number of amides is 1. The third kappa shape index (κ3) is 40.6. The number of hydrogen-bond acceptors (Lipinski definition) is 5. The summed E-state index contributed by atoms with van der Waals surface area (Å²) in [7, 11) is 1.54. The van der Waals surface area contributed by atoms with E-state index >= 15 is 0 Å². The molecule has 0 rings (SSSR count). The number of rotatable bonds is 41. The van der Waals surface area contributed by atoms with Crippen molar-refractivity contribution in [2.24, 2.45) is 0 Å². The highest BCUT2D eigenvalue weighted by atomic mass is 31.2. The Morgan fingerprint density at radius 2 is 1.04 bits per heavy atom. The number of allylic oxidation sites excluding steroid dienone is 7. The van der Waals surface area contributed by atoms with Crippen molar-refractivity contribution >= 4 is 13.7 Å². The van der Waals surface area contributed by atoms with Gasteiger partial charge in [0.15, 0.2) is 0 Å². The molecule has 0 radical (unpaired) electrons. The average molecular weight is 810 g/mol. The number of aliphatic hydroxyl groups excluding tert-OH is 1. The molecule has 3 unspecified atom stereocenters. The molecule has 0 aromatic rings. The maximum absolute atomic E-state index is 12.8. The average Bonchev–Trinajstić information content (AvgIpc) is 3.15. The lowest BCUT2D eigenvalue weighted by Gasteiger charge is -2.25. The molecule has 0 aromatic heterocycles. The summed E-state index contributed by atoms with van der Waals surface area (Å²) >= 11 is 0. The second-order valence-corrected chi connectivity index (χ2v) is 18.2. The first-order valence-corrected chi connectivity index (χ1v) is 24.5. The minimum Gasteiger partial charge on any atom is -0.387 e. The van der Waals surface area contributed by atoms with E-state index in [4.69, 9.17) is 9.05 Å². The van der Waals surface area contributed by atoms with Crippen LogP contribution in [0.25, 0.3) is 0 Å². The fourth-order valence-corrected chi connectivity index (χ4v) is 7.06. The van der Waals surface area contributed by atoms with Gasteiger partial charge in [0, 0.05) is 6.42 Å². The highest BCUT2D eigenvalue weighted by Crippen LogP contribution is 2.43. The molecule has 9 heteroatoms. The normalized spacial score (nSPS) is 14.8. The molecule has 56 heavy (non-hydrogen) atoms. The Balaban J connectivity index is 4.20. The highest BCUT2D eigenvalue weighted by molar-refractivity contribution is 7.47. The van der Waals surface area contributed by atoms with E-state index in [-0.39, 0.29) is 19.1 Å². The standard InChI is InChI=1S/C47H89N2O6P/c1-6-8-10-12-14-16-17-18-19-20-21-22-23-24-25-26-27-28-29-30-31-33-35-37-39-41-47(51)48-45(44-55-56(52,53)54-43-42-49(3,4)5)46(50)40-38-36-34-32-15-13-11-9-7-2/h15,21-22,24-25,32,38,40,45-46,50H,6-14,16-20,23,26-31,33-37,39,41-44H2,1-5H3,(H-,48,51,52,53)/p+1/b22-21-,25-24-,32-15+,40-38+. The molecule has 8 nitrogen and oxygen atoms in total. The second-order valence-electron chi connectivity index (χ2n) is 16.8. The fourth-order valence-electron chi connectivity index (χ4n) is 6.32. The lowest BCUT2D eigenvalue weighted by atomic mass is 10.1. The van der Waals surface area contributed by atoms with Crippen LogP contribution in [0.4, 0.5) is 0 Å². The summed E-state index contributed by atoms with van der Waals surface area (Å²) in [5, 5.41) is 13.7. The van der Waals surface area contributed by atoms with Crippen molar-refractivity contribution in [2.75, 3.05) is 40.9 Å². The largest absolute Gasteiger partial charge is 0.472 e. The first-order chi connectivity index (χ1) is 27.0. The first kappa shape index (κ1) is 54.5. The van der Waals surface area contributed by atoms with E-state index in [1.54, 1.807) is 6.08 Å². The van der Waals surface area contributed by atoms with Gasteiger partial charge in [0.25, 0.3) is 0 Å². The van der Waals surface area contributed by atoms with E-state index in [1.165, 1.54) is 128 Å². The number of unbranched alkanes of at least 4 members (excludes halogenated alkanes) is 22. The number of nitrogens with one attached hydrogen (secondary N) is 1. The van der Waals surface area contributed by atoms with Gasteiger partial charge in [-0.2, -0.15) is 0 Å². The summed E-state index contributed by atoms with van der Waals surface area (Å²) in [6.07, 6.45) is 49.2. The Bertz CT molecular complexity index is 1050. The number of phosphoric ester groups is 1. The first-order valence-electron chi connectivity index (χ1n) is 23.0. The van der Waals surface area contributed by atoms with E-state index in [0.29, 0.717) is 17.4 Å². The van der Waals surface area contributed by atoms with E-state index < -0.39 is 20.0 Å². The third-order valence-electron chi connectivity index (χ3n) is 10.0. The molecule has 0 aliphatic rings. The van der Waals surface area contributed by atoms with Gasteiger partial charge in [0.05, 0.1) is 39.9 Å². The van der Waals surface area contributed by atoms with Crippen LogP contribution >= 0.6 is 7.82 Å². The van der Waals surface area contributed by atoms with Gasteiger partial charge in [0.1, 0.15) is 13.2 Å². The summed E-state index contributed by atoms with van der Waals surface area (Å²) in [6.45, 7) is 4.73. The molecule has 0 aromatic carbocycles. The molecule has 0 heterocycles. The van der Waals surface area contributed by atoms with E-state index in [0.717, 1.165) is 44.9 Å². The Hall–Kier alpha value is -1.54. The lowest BCUT2D eigenvalue weighted by molar-refractivity contribution is -0.870. The zero-order chi connectivity index (χ0) is 41.4. The Kier molecular flexibility index (Phi) is 37.9. The molecule has 3 N–H and O–H groups in total. The lowest BCUT2D eigenvalue weighted by Crippen LogP contribution is -2.45. The summed E-state index contributed by atoms with van der Waals surface area (Å²) < 4.78 is 23.5. The molecule has 328 valence electrons. The monoisotopic (exact) mass is 810 g/mol. The van der Waals surface area contributed by atoms with Gasteiger partial charge in [0.2, 0.25) is 5.91 Å². The number of phosphoric acid groups is 1. The zero-order valence-corrected chi connectivity index (χ0v) is 38.0. The Morgan fingerprint density at radius 1 is 0.607 bits per heavy atom. The maximum atomic E-state index is 12.8. The van der Waals surface area contributed by atoms with Crippen LogP contribution < -0.4 is 5.32 Å². The zero-order valence-electron chi connectivity index (χ0n) is 37.1. The topological polar surface area (TPSA) is 105 Å². The Labute approximate surface area is 346 Å². The third-order valence-corrected chi connectivity index (χ3v) is 11.0. The molecule has 3 atom stereocenters. The quantitative estimate of drug-likeness (QED) is 0.0246. The predicted molar refractivity (Wildman–Crippen MR) is 240 cm³/mol. The summed E-state index contributed by atoms with van der Waals surface area (Å²) in [6, 6.07) is -0.864. The van der Waals surface area contributed by atoms with Gasteiger partial charge in [-0.15, -0.1) is 0 Å². The molecule has 0 aliphatic heterocycles. The van der Waals surface area contributed by atoms with Gasteiger partial charge in [-0.3, -0.25) is 13.8 Å². The van der Waals surface area contributed by atoms with Crippen LogP contribution in [-0.4, -0.2) is 73.4 Å². The summed E-state index contributed by atoms with van der Waals surface area (Å²) in [4.78, 5) is 23.0. The molecule has 1 amide bonds. The SMILES string of the molecule is CCCCC/C=C/CC/C=C/C(O)C(COP(=O)(O)OCC[N+](C)(C)C)NC(=O)CCCCCCCCCCC/C=C\C/C=C\CCCCCCCCCCC. The molecular weight excluding hydrogens is 719 g/mol. The van der Waals surface area contributed by atoms with Gasteiger partial charge >= 0.3 is 7.82 Å². The predicted octanol–water partition coefficient (Wildman–Crippen LogP) is 12.9. The van der Waals surface area contributed by atoms with Crippen molar-refractivity contribution in [3.63, 3.8) is 0 Å². The van der Waals surface area contributed by atoms with Crippen LogP contribution in [-0.2, 0) is 18.4 Å². The van der Waals surface area contributed by atoms with E-state index in [1.807, 2.05) is 27.2 Å². The smallest absolute Gasteiger partial charge is 0.387 e. The van der Waals surface area contributed by atoms with Crippen LogP contribution in [0.2, 0.25) is 0 Å². The number of carbonyl (C=O) groups excluding carboxylic acids is 1. The van der Waals surface area contributed by atoms with Crippen molar-refractivity contribution in [1.82, 2.24) is 5.32 Å². The van der Waals surface area contributed by atoms with Crippen LogP contribution in [0.15, 0.2) is 48.6 Å². The van der Waals surface area contributed by atoms with Gasteiger partial charge in [-0.1, -0.05) is 172 Å². The number of carbonyl (C=O) groups is 1. The van der Waals surface area contributed by atoms with Crippen LogP contribution in [0.3, 0.4) is 0 Å². The number of aliphatic hydroxyl groups is 1. The molecule has 0 bridgehead atoms. The van der Waals surface area contributed by atoms with Gasteiger partial charge < -0.3 is 19.8 Å². The van der Waals surface area contributed by atoms with E-state index in [2.05, 4.69) is 55.6 Å². The van der Waals surface area contributed by atoms with Crippen LogP contribution in [0.5, 0.6) is 0 Å². The van der Waals surface area contributed by atoms with Crippen molar-refractivity contribution in [2.45, 2.75) is 206 Å². The van der Waals surface area contributed by atoms with Crippen molar-refractivity contribution in [3.05, 3.63) is 48.6 Å². The summed E-state index contributed by atoms with van der Waals surface area (Å²) in [5.41, 5.74) is 0. The number of quaternary nitrogens is 1. The van der Waals surface area contributed by atoms with Crippen molar-refractivity contribution in [3.8, 4) is 0 Å². The Morgan fingerprint density at radius 3 is 1.57 bits per heavy atom. The number of nitrogens with zero attached hydrogens (tertiary/aromatic N) is 1. The molecule has 0 saturated carbocycles. The van der Waals surface area contributed by atoms with Crippen molar-refractivity contribution in [1.29, 1.82) is 0 Å². The molecule has 0 spiro atoms. The van der Waals surface area contributed by atoms with Crippen LogP contribution in [0, 0.1) is 0 Å². The number of likely N-dealkylation sites (N-methyl/N-ethyl adjacent to an activating group) is 1. The van der Waals surface area contributed by atoms with E-state index in [9.17, 15) is 19.4 Å². The second kappa shape index (κ2) is 38.9. The minimum absolute atomic E-state index is 0.0537. The highest BCUT2D eigenvalue weighted by Gasteiger charge is 2.27. The summed E-state index contributed by atoms with van der Waals surface area (Å²) in [5.74, 6) is -0.195.